The van der Waals surface area contributed by atoms with E-state index in [1.807, 2.05) is 31.2 Å². The molecule has 1 aliphatic rings. The molecule has 0 aliphatic carbocycles. The van der Waals surface area contributed by atoms with Crippen LogP contribution >= 0.6 is 0 Å². The first kappa shape index (κ1) is 18.8. The van der Waals surface area contributed by atoms with Gasteiger partial charge in [-0.3, -0.25) is 9.59 Å². The lowest BCUT2D eigenvalue weighted by molar-refractivity contribution is -0.120. The molecule has 6 heteroatoms. The van der Waals surface area contributed by atoms with Gasteiger partial charge in [-0.05, 0) is 18.1 Å². The lowest BCUT2D eigenvalue weighted by Gasteiger charge is -2.26. The smallest absolute Gasteiger partial charge is 0.255 e. The van der Waals surface area contributed by atoms with Crippen LogP contribution < -0.4 is 14.8 Å². The number of nitrogens with one attached hydrogen (secondary N) is 1. The fourth-order valence-corrected chi connectivity index (χ4v) is 3.34. The lowest BCUT2D eigenvalue weighted by atomic mass is 10.1. The zero-order valence-corrected chi connectivity index (χ0v) is 15.8. The van der Waals surface area contributed by atoms with Gasteiger partial charge >= 0.3 is 0 Å². The summed E-state index contributed by atoms with van der Waals surface area (Å²) in [5, 5.41) is 2.91. The minimum Gasteiger partial charge on any atom is -0.497 e. The summed E-state index contributed by atoms with van der Waals surface area (Å²) in [5.74, 6) is 0.860. The molecule has 0 saturated heterocycles. The normalized spacial score (nSPS) is 13.9. The van der Waals surface area contributed by atoms with Gasteiger partial charge in [-0.25, -0.2) is 0 Å². The van der Waals surface area contributed by atoms with Gasteiger partial charge in [0.05, 0.1) is 14.2 Å². The molecule has 1 aliphatic heterocycles. The second-order valence-corrected chi connectivity index (χ2v) is 6.49. The zero-order valence-electron chi connectivity index (χ0n) is 15.8. The molecule has 3 rings (SSSR count). The van der Waals surface area contributed by atoms with Crippen molar-refractivity contribution in [3.63, 3.8) is 0 Å². The summed E-state index contributed by atoms with van der Waals surface area (Å²) in [4.78, 5) is 27.4. The lowest BCUT2D eigenvalue weighted by Crippen LogP contribution is -2.44. The van der Waals surface area contributed by atoms with Crippen molar-refractivity contribution in [2.45, 2.75) is 32.4 Å². The number of ether oxygens (including phenoxy) is 2. The number of methoxy groups -OCH3 is 2. The number of carbonyl (C=O) groups excluding carboxylic acids is 2. The summed E-state index contributed by atoms with van der Waals surface area (Å²) >= 11 is 0. The van der Waals surface area contributed by atoms with Gasteiger partial charge in [0.2, 0.25) is 5.91 Å². The maximum atomic E-state index is 13.0. The number of carbonyl (C=O) groups is 2. The van der Waals surface area contributed by atoms with Gasteiger partial charge in [-0.15, -0.1) is 0 Å². The van der Waals surface area contributed by atoms with Crippen molar-refractivity contribution in [3.05, 3.63) is 53.6 Å². The van der Waals surface area contributed by atoms with E-state index in [0.717, 1.165) is 12.0 Å². The largest absolute Gasteiger partial charge is 0.497 e. The third-order valence-corrected chi connectivity index (χ3v) is 4.71. The number of fused-ring (bicyclic) bond motifs is 1. The Labute approximate surface area is 159 Å². The van der Waals surface area contributed by atoms with Crippen LogP contribution in [-0.2, 0) is 11.3 Å². The van der Waals surface area contributed by atoms with E-state index < -0.39 is 6.04 Å². The molecule has 0 unspecified atom stereocenters. The third kappa shape index (κ3) is 3.89. The van der Waals surface area contributed by atoms with Crippen LogP contribution in [0.3, 0.4) is 0 Å². The van der Waals surface area contributed by atoms with Crippen LogP contribution in [0, 0.1) is 0 Å². The van der Waals surface area contributed by atoms with Crippen molar-refractivity contribution in [2.75, 3.05) is 19.5 Å². The highest BCUT2D eigenvalue weighted by Crippen LogP contribution is 2.29. The predicted octanol–water partition coefficient (Wildman–Crippen LogP) is 3.47. The van der Waals surface area contributed by atoms with Gasteiger partial charge in [0.25, 0.3) is 5.91 Å². The summed E-state index contributed by atoms with van der Waals surface area (Å²) in [7, 11) is 3.11. The van der Waals surface area contributed by atoms with Crippen LogP contribution in [0.25, 0.3) is 0 Å². The van der Waals surface area contributed by atoms with E-state index in [4.69, 9.17) is 9.47 Å². The molecule has 0 saturated carbocycles. The van der Waals surface area contributed by atoms with Crippen LogP contribution in [0.5, 0.6) is 11.5 Å². The summed E-state index contributed by atoms with van der Waals surface area (Å²) in [6.45, 7) is 2.46. The molecule has 1 N–H and O–H groups in total. The first-order valence-electron chi connectivity index (χ1n) is 9.00. The topological polar surface area (TPSA) is 67.9 Å². The average molecular weight is 368 g/mol. The number of amides is 2. The minimum absolute atomic E-state index is 0.0950. The molecule has 6 nitrogen and oxygen atoms in total. The third-order valence-electron chi connectivity index (χ3n) is 4.71. The van der Waals surface area contributed by atoms with Gasteiger partial charge < -0.3 is 19.7 Å². The molecule has 0 aromatic heterocycles. The maximum absolute atomic E-state index is 13.0. The molecule has 2 aromatic rings. The molecular weight excluding hydrogens is 344 g/mol. The molecule has 27 heavy (non-hydrogen) atoms. The number of rotatable bonds is 7. The quantitative estimate of drug-likeness (QED) is 0.813. The van der Waals surface area contributed by atoms with Crippen molar-refractivity contribution in [2.24, 2.45) is 0 Å². The fourth-order valence-electron chi connectivity index (χ4n) is 3.34. The van der Waals surface area contributed by atoms with E-state index >= 15 is 0 Å². The van der Waals surface area contributed by atoms with E-state index in [1.165, 1.54) is 0 Å². The Morgan fingerprint density at radius 1 is 1.15 bits per heavy atom. The van der Waals surface area contributed by atoms with Crippen LogP contribution in [0.4, 0.5) is 5.69 Å². The summed E-state index contributed by atoms with van der Waals surface area (Å²) in [6, 6.07) is 12.2. The molecular formula is C21H24N2O4. The van der Waals surface area contributed by atoms with E-state index in [9.17, 15) is 9.59 Å². The Kier molecular flexibility index (Phi) is 5.64. The van der Waals surface area contributed by atoms with Crippen molar-refractivity contribution >= 4 is 17.5 Å². The molecule has 2 aromatic carbocycles. The average Bonchev–Trinajstić information content (AvgIpc) is 3.02. The Hall–Kier alpha value is -3.02. The van der Waals surface area contributed by atoms with Crippen LogP contribution in [0.2, 0.25) is 0 Å². The highest BCUT2D eigenvalue weighted by Gasteiger charge is 2.35. The molecule has 1 heterocycles. The van der Waals surface area contributed by atoms with E-state index in [1.54, 1.807) is 37.3 Å². The second kappa shape index (κ2) is 8.12. The van der Waals surface area contributed by atoms with Gasteiger partial charge in [0.15, 0.2) is 0 Å². The number of anilines is 1. The van der Waals surface area contributed by atoms with Crippen LogP contribution in [-0.4, -0.2) is 37.0 Å². The fraction of sp³-hybridized carbons (Fsp3) is 0.333. The standard InChI is InChI=1S/C21H24N2O4/c1-4-7-19(23-13-14-8-5-6-9-18(14)21(23)25)20(24)22-15-10-16(26-2)12-17(11-15)27-3/h5-6,8-12,19H,4,7,13H2,1-3H3,(H,22,24)/t19-/m0/s1. The molecule has 0 fully saturated rings. The monoisotopic (exact) mass is 368 g/mol. The minimum atomic E-state index is -0.535. The van der Waals surface area contributed by atoms with Gasteiger partial charge in [-0.2, -0.15) is 0 Å². The first-order chi connectivity index (χ1) is 13.1. The molecule has 0 bridgehead atoms. The maximum Gasteiger partial charge on any atom is 0.255 e. The summed E-state index contributed by atoms with van der Waals surface area (Å²) < 4.78 is 10.5. The van der Waals surface area contributed by atoms with Crippen molar-refractivity contribution in [3.8, 4) is 11.5 Å². The Bertz CT molecular complexity index is 828. The van der Waals surface area contributed by atoms with Crippen LogP contribution in [0.15, 0.2) is 42.5 Å². The van der Waals surface area contributed by atoms with Crippen molar-refractivity contribution in [1.82, 2.24) is 4.90 Å². The predicted molar refractivity (Wildman–Crippen MR) is 103 cm³/mol. The van der Waals surface area contributed by atoms with Crippen LogP contribution in [0.1, 0.15) is 35.7 Å². The van der Waals surface area contributed by atoms with Crippen molar-refractivity contribution in [1.29, 1.82) is 0 Å². The van der Waals surface area contributed by atoms with Gasteiger partial charge in [0, 0.05) is 36.0 Å². The molecule has 2 amide bonds. The van der Waals surface area contributed by atoms with E-state index in [0.29, 0.717) is 35.7 Å². The highest BCUT2D eigenvalue weighted by atomic mass is 16.5. The van der Waals surface area contributed by atoms with Gasteiger partial charge in [0.1, 0.15) is 17.5 Å². The van der Waals surface area contributed by atoms with Gasteiger partial charge in [-0.1, -0.05) is 31.5 Å². The highest BCUT2D eigenvalue weighted by molar-refractivity contribution is 6.03. The number of hydrogen-bond donors (Lipinski definition) is 1. The van der Waals surface area contributed by atoms with E-state index in [2.05, 4.69) is 5.32 Å². The molecule has 0 spiro atoms. The first-order valence-corrected chi connectivity index (χ1v) is 9.00. The van der Waals surface area contributed by atoms with Crippen molar-refractivity contribution < 1.29 is 19.1 Å². The second-order valence-electron chi connectivity index (χ2n) is 6.49. The number of benzene rings is 2. The molecule has 1 atom stereocenters. The SMILES string of the molecule is CCC[C@@H](C(=O)Nc1cc(OC)cc(OC)c1)N1Cc2ccccc2C1=O. The summed E-state index contributed by atoms with van der Waals surface area (Å²) in [6.07, 6.45) is 1.38. The number of nitrogens with zero attached hydrogens (tertiary/aromatic N) is 1. The Balaban J connectivity index is 1.82. The van der Waals surface area contributed by atoms with E-state index in [-0.39, 0.29) is 11.8 Å². The molecule has 142 valence electrons. The summed E-state index contributed by atoms with van der Waals surface area (Å²) in [5.41, 5.74) is 2.20. The number of hydrogen-bond acceptors (Lipinski definition) is 4. The Morgan fingerprint density at radius 3 is 2.41 bits per heavy atom. The zero-order chi connectivity index (χ0) is 19.4. The molecule has 0 radical (unpaired) electrons. The Morgan fingerprint density at radius 2 is 1.81 bits per heavy atom.